The highest BCUT2D eigenvalue weighted by molar-refractivity contribution is 5.50. The van der Waals surface area contributed by atoms with E-state index in [1.807, 2.05) is 26.0 Å². The summed E-state index contributed by atoms with van der Waals surface area (Å²) < 4.78 is 12.1. The highest BCUT2D eigenvalue weighted by Gasteiger charge is 2.07. The Kier molecular flexibility index (Phi) is 2.04. The van der Waals surface area contributed by atoms with Crippen molar-refractivity contribution < 1.29 is 10.6 Å². The average Bonchev–Trinajstić information content (AvgIpc) is 2.34. The van der Waals surface area contributed by atoms with Crippen LogP contribution in [0.15, 0.2) is 16.5 Å². The minimum absolute atomic E-state index is 0.0173. The van der Waals surface area contributed by atoms with E-state index in [1.165, 1.54) is 0 Å². The number of rotatable bonds is 3. The van der Waals surface area contributed by atoms with Gasteiger partial charge in [-0.1, -0.05) is 6.92 Å². The van der Waals surface area contributed by atoms with E-state index in [-0.39, 0.29) is 12.3 Å². The molecule has 2 nitrogen and oxygen atoms in total. The molecule has 0 fully saturated rings. The smallest absolute Gasteiger partial charge is 0.120 e. The van der Waals surface area contributed by atoms with Gasteiger partial charge in [0.15, 0.2) is 0 Å². The summed E-state index contributed by atoms with van der Waals surface area (Å²) in [5.74, 6) is 1.64. The molecule has 0 aliphatic heterocycles. The third kappa shape index (κ3) is 1.93. The minimum Gasteiger partial charge on any atom is -0.466 e. The Morgan fingerprint density at radius 3 is 3.00 bits per heavy atom. The van der Waals surface area contributed by atoms with E-state index in [9.17, 15) is 4.79 Å². The summed E-state index contributed by atoms with van der Waals surface area (Å²) >= 11 is 0. The van der Waals surface area contributed by atoms with Crippen LogP contribution in [0.4, 0.5) is 0 Å². The normalized spacial score (nSPS) is 14.2. The summed E-state index contributed by atoms with van der Waals surface area (Å²) in [6.45, 7) is 3.74. The number of carbonyl (C=O) groups excluding carboxylic acids is 1. The Balaban J connectivity index is 2.64. The summed E-state index contributed by atoms with van der Waals surface area (Å²) in [4.78, 5) is 10.5. The Labute approximate surface area is 67.6 Å². The zero-order valence-corrected chi connectivity index (χ0v) is 6.76. The molecule has 0 saturated heterocycles. The first-order chi connectivity index (χ1) is 5.59. The third-order valence-corrected chi connectivity index (χ3v) is 1.64. The molecule has 0 amide bonds. The van der Waals surface area contributed by atoms with Gasteiger partial charge in [0.1, 0.15) is 19.2 Å². The van der Waals surface area contributed by atoms with E-state index >= 15 is 0 Å². The van der Waals surface area contributed by atoms with Gasteiger partial charge in [0.2, 0.25) is 0 Å². The summed E-state index contributed by atoms with van der Waals surface area (Å²) in [5.41, 5.74) is 0. The average molecular weight is 153 g/mol. The summed E-state index contributed by atoms with van der Waals surface area (Å²) in [6, 6.07) is 3.71. The molecule has 0 aliphatic rings. The van der Waals surface area contributed by atoms with E-state index in [4.69, 9.17) is 5.79 Å². The molecule has 1 atom stereocenters. The lowest BCUT2D eigenvalue weighted by atomic mass is 10.1. The Bertz CT molecular complexity index is 278. The fourth-order valence-corrected chi connectivity index (χ4v) is 0.944. The van der Waals surface area contributed by atoms with Crippen LogP contribution < -0.4 is 0 Å². The van der Waals surface area contributed by atoms with Gasteiger partial charge in [0.25, 0.3) is 0 Å². The van der Waals surface area contributed by atoms with Gasteiger partial charge in [0, 0.05) is 12.3 Å². The standard InChI is InChI=1S/C9H12O2/c1-7(5-6-10)9-4-3-8(2)11-9/h3-4,6-7H,5H2,1-2H3/i6D. The van der Waals surface area contributed by atoms with E-state index in [0.29, 0.717) is 0 Å². The molecule has 0 bridgehead atoms. The van der Waals surface area contributed by atoms with Crippen molar-refractivity contribution in [2.75, 3.05) is 0 Å². The van der Waals surface area contributed by atoms with Crippen molar-refractivity contribution in [2.24, 2.45) is 0 Å². The lowest BCUT2D eigenvalue weighted by molar-refractivity contribution is -0.108. The molecule has 0 saturated carbocycles. The molecule has 0 aromatic carbocycles. The van der Waals surface area contributed by atoms with Gasteiger partial charge in [-0.3, -0.25) is 0 Å². The number of furan rings is 1. The van der Waals surface area contributed by atoms with Gasteiger partial charge in [-0.05, 0) is 19.1 Å². The summed E-state index contributed by atoms with van der Waals surface area (Å²) in [5, 5.41) is 0. The second kappa shape index (κ2) is 3.37. The molecule has 2 heteroatoms. The number of aryl methyl sites for hydroxylation is 1. The van der Waals surface area contributed by atoms with Crippen molar-refractivity contribution in [3.63, 3.8) is 0 Å². The van der Waals surface area contributed by atoms with Crippen LogP contribution in [0.1, 0.15) is 32.2 Å². The molecule has 0 aliphatic carbocycles. The van der Waals surface area contributed by atoms with Crippen LogP contribution in [0, 0.1) is 6.92 Å². The Morgan fingerprint density at radius 2 is 2.55 bits per heavy atom. The zero-order chi connectivity index (χ0) is 9.14. The molecular weight excluding hydrogens is 140 g/mol. The largest absolute Gasteiger partial charge is 0.466 e. The summed E-state index contributed by atoms with van der Waals surface area (Å²) in [7, 11) is 0. The van der Waals surface area contributed by atoms with Crippen LogP contribution in [0.3, 0.4) is 0 Å². The molecule has 11 heavy (non-hydrogen) atoms. The zero-order valence-electron chi connectivity index (χ0n) is 7.76. The minimum atomic E-state index is -0.545. The van der Waals surface area contributed by atoms with E-state index in [0.717, 1.165) is 11.5 Å². The van der Waals surface area contributed by atoms with E-state index in [1.54, 1.807) is 0 Å². The van der Waals surface area contributed by atoms with E-state index in [2.05, 4.69) is 0 Å². The Hall–Kier alpha value is -1.05. The van der Waals surface area contributed by atoms with Gasteiger partial charge >= 0.3 is 0 Å². The topological polar surface area (TPSA) is 30.2 Å². The van der Waals surface area contributed by atoms with Gasteiger partial charge in [0.05, 0.1) is 0 Å². The first kappa shape index (κ1) is 6.65. The molecular formula is C9H12O2. The lowest BCUT2D eigenvalue weighted by Crippen LogP contribution is -1.90. The van der Waals surface area contributed by atoms with Crippen molar-refractivity contribution in [1.82, 2.24) is 0 Å². The second-order valence-electron chi connectivity index (χ2n) is 2.70. The van der Waals surface area contributed by atoms with Crippen LogP contribution in [-0.4, -0.2) is 6.26 Å². The van der Waals surface area contributed by atoms with Crippen LogP contribution in [0.2, 0.25) is 0 Å². The third-order valence-electron chi connectivity index (χ3n) is 1.64. The lowest BCUT2D eigenvalue weighted by Gasteiger charge is -2.01. The number of carbonyl (C=O) groups is 1. The van der Waals surface area contributed by atoms with Gasteiger partial charge in [-0.2, -0.15) is 0 Å². The second-order valence-corrected chi connectivity index (χ2v) is 2.70. The molecule has 0 radical (unpaired) electrons. The Morgan fingerprint density at radius 1 is 1.82 bits per heavy atom. The van der Waals surface area contributed by atoms with Crippen molar-refractivity contribution in [3.8, 4) is 0 Å². The highest BCUT2D eigenvalue weighted by Crippen LogP contribution is 2.19. The fraction of sp³-hybridized carbons (Fsp3) is 0.444. The highest BCUT2D eigenvalue weighted by atomic mass is 16.3. The molecule has 1 aromatic rings. The van der Waals surface area contributed by atoms with Crippen LogP contribution in [-0.2, 0) is 4.79 Å². The molecule has 1 rings (SSSR count). The monoisotopic (exact) mass is 153 g/mol. The summed E-state index contributed by atoms with van der Waals surface area (Å²) in [6.07, 6.45) is -0.316. The van der Waals surface area contributed by atoms with Gasteiger partial charge < -0.3 is 9.21 Å². The first-order valence-electron chi connectivity index (χ1n) is 4.15. The number of hydrogen-bond acceptors (Lipinski definition) is 2. The predicted octanol–water partition coefficient (Wildman–Crippen LogP) is 2.28. The van der Waals surface area contributed by atoms with Crippen molar-refractivity contribution in [2.45, 2.75) is 26.2 Å². The van der Waals surface area contributed by atoms with Crippen molar-refractivity contribution in [3.05, 3.63) is 23.7 Å². The van der Waals surface area contributed by atoms with Crippen LogP contribution in [0.25, 0.3) is 0 Å². The molecule has 60 valence electrons. The molecule has 1 aromatic heterocycles. The molecule has 1 heterocycles. The first-order valence-corrected chi connectivity index (χ1v) is 3.65. The maximum atomic E-state index is 10.5. The molecule has 1 unspecified atom stereocenters. The maximum Gasteiger partial charge on any atom is 0.120 e. The van der Waals surface area contributed by atoms with Crippen molar-refractivity contribution >= 4 is 6.26 Å². The number of aldehydes is 1. The van der Waals surface area contributed by atoms with Crippen LogP contribution in [0.5, 0.6) is 0 Å². The predicted molar refractivity (Wildman–Crippen MR) is 42.5 cm³/mol. The SMILES string of the molecule is [2H]C(=O)CC(C)c1ccc(C)o1. The quantitative estimate of drug-likeness (QED) is 0.623. The van der Waals surface area contributed by atoms with Gasteiger partial charge in [-0.25, -0.2) is 0 Å². The van der Waals surface area contributed by atoms with Crippen molar-refractivity contribution in [1.29, 1.82) is 0 Å². The van der Waals surface area contributed by atoms with Crippen LogP contribution >= 0.6 is 0 Å². The number of hydrogen-bond donors (Lipinski definition) is 0. The molecule has 0 spiro atoms. The van der Waals surface area contributed by atoms with E-state index < -0.39 is 6.26 Å². The molecule has 0 N–H and O–H groups in total. The van der Waals surface area contributed by atoms with Gasteiger partial charge in [-0.15, -0.1) is 0 Å². The maximum absolute atomic E-state index is 10.5. The fourth-order valence-electron chi connectivity index (χ4n) is 0.944.